The second-order valence-corrected chi connectivity index (χ2v) is 5.94. The molecule has 0 aliphatic heterocycles. The van der Waals surface area contributed by atoms with Crippen LogP contribution in [-0.4, -0.2) is 25.1 Å². The van der Waals surface area contributed by atoms with Crippen molar-refractivity contribution in [2.45, 2.75) is 0 Å². The van der Waals surface area contributed by atoms with Gasteiger partial charge in [0.15, 0.2) is 0 Å². The molecule has 2 amide bonds. The molecule has 26 heavy (non-hydrogen) atoms. The van der Waals surface area contributed by atoms with E-state index in [1.165, 1.54) is 0 Å². The summed E-state index contributed by atoms with van der Waals surface area (Å²) in [6.07, 6.45) is 1.68. The van der Waals surface area contributed by atoms with E-state index < -0.39 is 0 Å². The predicted molar refractivity (Wildman–Crippen MR) is 107 cm³/mol. The number of para-hydroxylation sites is 1. The number of benzene rings is 2. The van der Waals surface area contributed by atoms with Gasteiger partial charge >= 0.3 is 6.03 Å². The van der Waals surface area contributed by atoms with Crippen LogP contribution in [0, 0.1) is 0 Å². The quantitative estimate of drug-likeness (QED) is 0.634. The van der Waals surface area contributed by atoms with Crippen molar-refractivity contribution in [3.63, 3.8) is 0 Å². The van der Waals surface area contributed by atoms with E-state index in [2.05, 4.69) is 20.9 Å². The van der Waals surface area contributed by atoms with Gasteiger partial charge in [-0.05, 0) is 48.5 Å². The van der Waals surface area contributed by atoms with Gasteiger partial charge < -0.3 is 15.5 Å². The van der Waals surface area contributed by atoms with Crippen molar-refractivity contribution in [1.29, 1.82) is 0 Å². The second-order valence-electron chi connectivity index (χ2n) is 5.94. The largest absolute Gasteiger partial charge is 0.378 e. The van der Waals surface area contributed by atoms with Crippen LogP contribution in [0.15, 0.2) is 72.9 Å². The van der Waals surface area contributed by atoms with E-state index in [0.717, 1.165) is 22.7 Å². The van der Waals surface area contributed by atoms with Crippen LogP contribution in [0.3, 0.4) is 0 Å². The molecule has 0 atom stereocenters. The third kappa shape index (κ3) is 4.73. The van der Waals surface area contributed by atoms with Gasteiger partial charge in [0.1, 0.15) is 5.82 Å². The minimum atomic E-state index is -0.330. The highest BCUT2D eigenvalue weighted by atomic mass is 16.2. The number of hydrogen-bond acceptors (Lipinski definition) is 4. The first-order valence-electron chi connectivity index (χ1n) is 8.24. The first-order valence-corrected chi connectivity index (χ1v) is 8.24. The first-order chi connectivity index (χ1) is 12.6. The van der Waals surface area contributed by atoms with Crippen molar-refractivity contribution in [3.8, 4) is 0 Å². The molecule has 1 heterocycles. The van der Waals surface area contributed by atoms with E-state index in [9.17, 15) is 4.79 Å². The lowest BCUT2D eigenvalue weighted by Crippen LogP contribution is -2.19. The van der Waals surface area contributed by atoms with Crippen LogP contribution in [0.5, 0.6) is 0 Å². The van der Waals surface area contributed by atoms with Gasteiger partial charge in [-0.1, -0.05) is 18.2 Å². The van der Waals surface area contributed by atoms with Gasteiger partial charge in [-0.3, -0.25) is 5.32 Å². The summed E-state index contributed by atoms with van der Waals surface area (Å²) < 4.78 is 0. The molecular formula is C20H21N5O. The number of urea groups is 1. The number of carbonyl (C=O) groups excluding carboxylic acids is 1. The molecule has 0 aliphatic rings. The molecule has 0 aliphatic carbocycles. The van der Waals surface area contributed by atoms with Crippen molar-refractivity contribution in [2.24, 2.45) is 0 Å². The minimum absolute atomic E-state index is 0.330. The fourth-order valence-corrected chi connectivity index (χ4v) is 2.35. The molecule has 1 aromatic heterocycles. The molecule has 2 aromatic carbocycles. The number of pyridine rings is 1. The normalized spacial score (nSPS) is 10.1. The lowest BCUT2D eigenvalue weighted by atomic mass is 10.2. The zero-order chi connectivity index (χ0) is 18.4. The number of anilines is 5. The molecule has 3 N–H and O–H groups in total. The number of aromatic nitrogens is 1. The molecule has 0 saturated carbocycles. The van der Waals surface area contributed by atoms with Crippen molar-refractivity contribution in [3.05, 3.63) is 72.9 Å². The highest BCUT2D eigenvalue weighted by Crippen LogP contribution is 2.20. The van der Waals surface area contributed by atoms with Crippen LogP contribution >= 0.6 is 0 Å². The van der Waals surface area contributed by atoms with Crippen LogP contribution in [-0.2, 0) is 0 Å². The summed E-state index contributed by atoms with van der Waals surface area (Å²) in [5.74, 6) is 0.479. The number of carbonyl (C=O) groups is 1. The second kappa shape index (κ2) is 8.02. The maximum absolute atomic E-state index is 12.0. The van der Waals surface area contributed by atoms with Gasteiger partial charge in [0.05, 0.1) is 11.9 Å². The van der Waals surface area contributed by atoms with E-state index in [0.29, 0.717) is 5.82 Å². The third-order valence-corrected chi connectivity index (χ3v) is 3.71. The van der Waals surface area contributed by atoms with Crippen molar-refractivity contribution < 1.29 is 4.79 Å². The van der Waals surface area contributed by atoms with E-state index in [1.807, 2.05) is 79.7 Å². The Morgan fingerprint density at radius 3 is 2.12 bits per heavy atom. The van der Waals surface area contributed by atoms with Crippen LogP contribution in [0.1, 0.15) is 0 Å². The van der Waals surface area contributed by atoms with E-state index in [4.69, 9.17) is 0 Å². The Morgan fingerprint density at radius 2 is 1.50 bits per heavy atom. The van der Waals surface area contributed by atoms with Gasteiger partial charge in [0.2, 0.25) is 0 Å². The zero-order valence-electron chi connectivity index (χ0n) is 14.7. The molecule has 0 radical (unpaired) electrons. The Hall–Kier alpha value is -3.54. The van der Waals surface area contributed by atoms with Crippen LogP contribution in [0.4, 0.5) is 33.4 Å². The summed E-state index contributed by atoms with van der Waals surface area (Å²) in [6.45, 7) is 0. The highest BCUT2D eigenvalue weighted by molar-refractivity contribution is 5.99. The van der Waals surface area contributed by atoms with Gasteiger partial charge in [-0.2, -0.15) is 0 Å². The van der Waals surface area contributed by atoms with E-state index in [1.54, 1.807) is 12.3 Å². The smallest absolute Gasteiger partial charge is 0.324 e. The Morgan fingerprint density at radius 1 is 0.808 bits per heavy atom. The van der Waals surface area contributed by atoms with Crippen LogP contribution < -0.4 is 20.9 Å². The third-order valence-electron chi connectivity index (χ3n) is 3.71. The molecule has 6 heteroatoms. The molecule has 132 valence electrons. The monoisotopic (exact) mass is 347 g/mol. The standard InChI is InChI=1S/C20H21N5O/c1-25(2)18-11-8-16(9-12-18)22-17-10-13-19(21-14-17)24-20(26)23-15-6-4-3-5-7-15/h3-14,22H,1-2H3,(H2,21,23,24,26). The maximum atomic E-state index is 12.0. The molecule has 0 spiro atoms. The molecule has 0 fully saturated rings. The highest BCUT2D eigenvalue weighted by Gasteiger charge is 2.04. The number of rotatable bonds is 5. The average Bonchev–Trinajstić information content (AvgIpc) is 2.64. The van der Waals surface area contributed by atoms with Gasteiger partial charge in [-0.25, -0.2) is 9.78 Å². The van der Waals surface area contributed by atoms with Gasteiger partial charge in [0.25, 0.3) is 0 Å². The summed E-state index contributed by atoms with van der Waals surface area (Å²) in [6, 6.07) is 20.6. The number of amides is 2. The molecule has 3 rings (SSSR count). The van der Waals surface area contributed by atoms with Gasteiger partial charge in [-0.15, -0.1) is 0 Å². The summed E-state index contributed by atoms with van der Waals surface area (Å²) in [5, 5.41) is 8.74. The molecule has 0 saturated heterocycles. The summed E-state index contributed by atoms with van der Waals surface area (Å²) >= 11 is 0. The number of nitrogens with zero attached hydrogens (tertiary/aromatic N) is 2. The Balaban J connectivity index is 1.57. The van der Waals surface area contributed by atoms with Crippen molar-refractivity contribution in [1.82, 2.24) is 4.98 Å². The molecule has 0 bridgehead atoms. The lowest BCUT2D eigenvalue weighted by Gasteiger charge is -2.13. The zero-order valence-corrected chi connectivity index (χ0v) is 14.7. The van der Waals surface area contributed by atoms with E-state index >= 15 is 0 Å². The van der Waals surface area contributed by atoms with Crippen LogP contribution in [0.2, 0.25) is 0 Å². The molecule has 0 unspecified atom stereocenters. The first kappa shape index (κ1) is 17.3. The Bertz CT molecular complexity index is 846. The maximum Gasteiger partial charge on any atom is 0.324 e. The van der Waals surface area contributed by atoms with Crippen molar-refractivity contribution >= 4 is 34.6 Å². The minimum Gasteiger partial charge on any atom is -0.378 e. The number of hydrogen-bond donors (Lipinski definition) is 3. The van der Waals surface area contributed by atoms with Gasteiger partial charge in [0, 0.05) is 31.2 Å². The topological polar surface area (TPSA) is 69.3 Å². The number of nitrogens with one attached hydrogen (secondary N) is 3. The SMILES string of the molecule is CN(C)c1ccc(Nc2ccc(NC(=O)Nc3ccccc3)nc2)cc1. The fourth-order valence-electron chi connectivity index (χ4n) is 2.35. The summed E-state index contributed by atoms with van der Waals surface area (Å²) in [4.78, 5) is 18.3. The van der Waals surface area contributed by atoms with Crippen molar-refractivity contribution in [2.75, 3.05) is 34.9 Å². The lowest BCUT2D eigenvalue weighted by molar-refractivity contribution is 0.262. The summed E-state index contributed by atoms with van der Waals surface area (Å²) in [5.41, 5.74) is 3.68. The molecule has 3 aromatic rings. The predicted octanol–water partition coefficient (Wildman–Crippen LogP) is 4.54. The van der Waals surface area contributed by atoms with E-state index in [-0.39, 0.29) is 6.03 Å². The fraction of sp³-hybridized carbons (Fsp3) is 0.100. The Kier molecular flexibility index (Phi) is 5.34. The molecule has 6 nitrogen and oxygen atoms in total. The Labute approximate surface area is 152 Å². The molecular weight excluding hydrogens is 326 g/mol. The average molecular weight is 347 g/mol. The van der Waals surface area contributed by atoms with Crippen LogP contribution in [0.25, 0.3) is 0 Å². The summed E-state index contributed by atoms with van der Waals surface area (Å²) in [7, 11) is 4.01.